The minimum absolute atomic E-state index is 0.143. The Morgan fingerprint density at radius 1 is 0.400 bits per heavy atom. The fourth-order valence-electron chi connectivity index (χ4n) is 4.19. The van der Waals surface area contributed by atoms with Gasteiger partial charge in [-0.2, -0.15) is 0 Å². The summed E-state index contributed by atoms with van der Waals surface area (Å²) in [5.74, 6) is -0.285. The molecule has 0 N–H and O–H groups in total. The highest BCUT2D eigenvalue weighted by Gasteiger charge is 2.04. The van der Waals surface area contributed by atoms with Crippen molar-refractivity contribution in [2.45, 2.75) is 155 Å². The monoisotopic (exact) mass is 498 g/mol. The lowest BCUT2D eigenvalue weighted by molar-refractivity contribution is -0.146. The first-order valence-corrected chi connectivity index (χ1v) is 15.1. The van der Waals surface area contributed by atoms with E-state index in [2.05, 4.69) is 13.8 Å². The summed E-state index contributed by atoms with van der Waals surface area (Å²) >= 11 is 0. The molecular formula is C30H58O5. The van der Waals surface area contributed by atoms with Crippen LogP contribution in [0.15, 0.2) is 0 Å². The van der Waals surface area contributed by atoms with Gasteiger partial charge in [-0.1, -0.05) is 129 Å². The summed E-state index contributed by atoms with van der Waals surface area (Å²) in [4.78, 5) is 23.5. The van der Waals surface area contributed by atoms with Crippen LogP contribution in [0, 0.1) is 0 Å². The van der Waals surface area contributed by atoms with E-state index >= 15 is 0 Å². The SMILES string of the molecule is CCCCCCCCCCCCC(=O)OCCOCCOC(=O)CCCCCCCCCCCC. The number of rotatable bonds is 28. The van der Waals surface area contributed by atoms with Gasteiger partial charge in [0.05, 0.1) is 13.2 Å². The molecule has 0 saturated heterocycles. The van der Waals surface area contributed by atoms with Crippen LogP contribution in [0.25, 0.3) is 0 Å². The summed E-state index contributed by atoms with van der Waals surface area (Å²) in [7, 11) is 0. The van der Waals surface area contributed by atoms with Crippen molar-refractivity contribution in [2.75, 3.05) is 26.4 Å². The standard InChI is InChI=1S/C30H58O5/c1-3-5-7-9-11-13-15-17-19-21-23-29(31)34-27-25-33-26-28-35-30(32)24-22-20-18-16-14-12-10-8-6-4-2/h3-28H2,1-2H3. The van der Waals surface area contributed by atoms with E-state index in [1.807, 2.05) is 0 Å². The lowest BCUT2D eigenvalue weighted by atomic mass is 10.1. The Balaban J connectivity index is 3.26. The topological polar surface area (TPSA) is 61.8 Å². The van der Waals surface area contributed by atoms with Gasteiger partial charge in [-0.3, -0.25) is 9.59 Å². The second-order valence-electron chi connectivity index (χ2n) is 9.92. The summed E-state index contributed by atoms with van der Waals surface area (Å²) in [6.07, 6.45) is 26.1. The van der Waals surface area contributed by atoms with Crippen molar-refractivity contribution in [1.29, 1.82) is 0 Å². The van der Waals surface area contributed by atoms with Gasteiger partial charge in [0.25, 0.3) is 0 Å². The Morgan fingerprint density at radius 3 is 1.00 bits per heavy atom. The Bertz CT molecular complexity index is 412. The van der Waals surface area contributed by atoms with E-state index in [1.54, 1.807) is 0 Å². The average Bonchev–Trinajstić information content (AvgIpc) is 2.85. The Morgan fingerprint density at radius 2 is 0.686 bits per heavy atom. The predicted octanol–water partition coefficient (Wildman–Crippen LogP) is 8.71. The zero-order chi connectivity index (χ0) is 25.7. The van der Waals surface area contributed by atoms with Gasteiger partial charge in [0.1, 0.15) is 13.2 Å². The first kappa shape index (κ1) is 33.9. The van der Waals surface area contributed by atoms with Crippen LogP contribution in [0.1, 0.15) is 155 Å². The maximum atomic E-state index is 11.7. The van der Waals surface area contributed by atoms with Gasteiger partial charge in [-0.25, -0.2) is 0 Å². The third-order valence-corrected chi connectivity index (χ3v) is 6.45. The molecule has 0 unspecified atom stereocenters. The van der Waals surface area contributed by atoms with Gasteiger partial charge in [0, 0.05) is 12.8 Å². The largest absolute Gasteiger partial charge is 0.463 e. The van der Waals surface area contributed by atoms with Crippen molar-refractivity contribution in [2.24, 2.45) is 0 Å². The van der Waals surface area contributed by atoms with Gasteiger partial charge in [0.15, 0.2) is 0 Å². The van der Waals surface area contributed by atoms with Crippen LogP contribution in [0.2, 0.25) is 0 Å². The molecule has 0 aromatic rings. The molecule has 0 heterocycles. The molecule has 0 aromatic carbocycles. The van der Waals surface area contributed by atoms with Crippen LogP contribution in [0.3, 0.4) is 0 Å². The molecule has 208 valence electrons. The van der Waals surface area contributed by atoms with Crippen LogP contribution < -0.4 is 0 Å². The maximum Gasteiger partial charge on any atom is 0.305 e. The number of hydrogen-bond acceptors (Lipinski definition) is 5. The fourth-order valence-corrected chi connectivity index (χ4v) is 4.19. The smallest absolute Gasteiger partial charge is 0.305 e. The molecule has 5 nitrogen and oxygen atoms in total. The molecule has 0 spiro atoms. The number of ether oxygens (including phenoxy) is 3. The number of carbonyl (C=O) groups is 2. The van der Waals surface area contributed by atoms with Gasteiger partial charge in [-0.15, -0.1) is 0 Å². The number of unbranched alkanes of at least 4 members (excludes halogenated alkanes) is 18. The minimum atomic E-state index is -0.143. The molecule has 0 rings (SSSR count). The van der Waals surface area contributed by atoms with Crippen LogP contribution in [0.5, 0.6) is 0 Å². The van der Waals surface area contributed by atoms with Gasteiger partial charge < -0.3 is 14.2 Å². The molecule has 5 heteroatoms. The first-order valence-electron chi connectivity index (χ1n) is 15.1. The quantitative estimate of drug-likeness (QED) is 0.0797. The molecule has 0 fully saturated rings. The number of carbonyl (C=O) groups excluding carboxylic acids is 2. The Kier molecular flexibility index (Phi) is 28.2. The molecule has 0 saturated carbocycles. The zero-order valence-corrected chi connectivity index (χ0v) is 23.4. The molecule has 0 amide bonds. The molecule has 35 heavy (non-hydrogen) atoms. The molecular weight excluding hydrogens is 440 g/mol. The van der Waals surface area contributed by atoms with Crippen molar-refractivity contribution in [3.63, 3.8) is 0 Å². The number of esters is 2. The van der Waals surface area contributed by atoms with Crippen LogP contribution in [-0.4, -0.2) is 38.4 Å². The van der Waals surface area contributed by atoms with Crippen LogP contribution in [-0.2, 0) is 23.8 Å². The average molecular weight is 499 g/mol. The minimum Gasteiger partial charge on any atom is -0.463 e. The van der Waals surface area contributed by atoms with Crippen molar-refractivity contribution in [3.05, 3.63) is 0 Å². The van der Waals surface area contributed by atoms with E-state index < -0.39 is 0 Å². The molecule has 0 aliphatic carbocycles. The zero-order valence-electron chi connectivity index (χ0n) is 23.4. The van der Waals surface area contributed by atoms with Crippen molar-refractivity contribution >= 4 is 11.9 Å². The second-order valence-corrected chi connectivity index (χ2v) is 9.92. The van der Waals surface area contributed by atoms with Crippen LogP contribution >= 0.6 is 0 Å². The lowest BCUT2D eigenvalue weighted by Crippen LogP contribution is -2.14. The molecule has 0 atom stereocenters. The van der Waals surface area contributed by atoms with E-state index in [9.17, 15) is 9.59 Å². The Hall–Kier alpha value is -1.10. The molecule has 0 bridgehead atoms. The second kappa shape index (κ2) is 29.1. The summed E-state index contributed by atoms with van der Waals surface area (Å²) < 4.78 is 15.8. The highest BCUT2D eigenvalue weighted by molar-refractivity contribution is 5.69. The third-order valence-electron chi connectivity index (χ3n) is 6.45. The van der Waals surface area contributed by atoms with Crippen molar-refractivity contribution in [1.82, 2.24) is 0 Å². The summed E-state index contributed by atoms with van der Waals surface area (Å²) in [5.41, 5.74) is 0. The van der Waals surface area contributed by atoms with E-state index in [-0.39, 0.29) is 25.2 Å². The lowest BCUT2D eigenvalue weighted by Gasteiger charge is -2.07. The normalized spacial score (nSPS) is 11.0. The van der Waals surface area contributed by atoms with E-state index in [1.165, 1.54) is 103 Å². The Labute approximate surface area is 217 Å². The van der Waals surface area contributed by atoms with Gasteiger partial charge in [-0.05, 0) is 12.8 Å². The van der Waals surface area contributed by atoms with Gasteiger partial charge >= 0.3 is 11.9 Å². The maximum absolute atomic E-state index is 11.7. The van der Waals surface area contributed by atoms with E-state index in [4.69, 9.17) is 14.2 Å². The summed E-state index contributed by atoms with van der Waals surface area (Å²) in [6.45, 7) is 5.72. The first-order chi connectivity index (χ1) is 17.2. The van der Waals surface area contributed by atoms with Gasteiger partial charge in [0.2, 0.25) is 0 Å². The summed E-state index contributed by atoms with van der Waals surface area (Å²) in [6, 6.07) is 0. The number of hydrogen-bond donors (Lipinski definition) is 0. The molecule has 0 aromatic heterocycles. The summed E-state index contributed by atoms with van der Waals surface area (Å²) in [5, 5.41) is 0. The molecule has 0 aliphatic heterocycles. The highest BCUT2D eigenvalue weighted by Crippen LogP contribution is 2.12. The van der Waals surface area contributed by atoms with E-state index in [0.717, 1.165) is 25.7 Å². The fraction of sp³-hybridized carbons (Fsp3) is 0.933. The highest BCUT2D eigenvalue weighted by atomic mass is 16.6. The molecule has 0 aliphatic rings. The third kappa shape index (κ3) is 29.0. The van der Waals surface area contributed by atoms with Crippen molar-refractivity contribution in [3.8, 4) is 0 Å². The van der Waals surface area contributed by atoms with Crippen LogP contribution in [0.4, 0.5) is 0 Å². The van der Waals surface area contributed by atoms with Crippen molar-refractivity contribution < 1.29 is 23.8 Å². The molecule has 0 radical (unpaired) electrons. The van der Waals surface area contributed by atoms with E-state index in [0.29, 0.717) is 26.1 Å². The predicted molar refractivity (Wildman–Crippen MR) is 146 cm³/mol.